The van der Waals surface area contributed by atoms with Gasteiger partial charge in [-0.3, -0.25) is 9.69 Å². The third kappa shape index (κ3) is 2.30. The molecule has 4 nitrogen and oxygen atoms in total. The Balaban J connectivity index is 1.84. The molecule has 1 saturated carbocycles. The van der Waals surface area contributed by atoms with Crippen molar-refractivity contribution in [3.63, 3.8) is 0 Å². The van der Waals surface area contributed by atoms with Crippen molar-refractivity contribution in [1.29, 1.82) is 0 Å². The lowest BCUT2D eigenvalue weighted by Gasteiger charge is -2.24. The molecule has 1 N–H and O–H groups in total. The zero-order valence-electron chi connectivity index (χ0n) is 11.4. The largest absolute Gasteiger partial charge is 0.480 e. The second-order valence-electron chi connectivity index (χ2n) is 5.81. The molecule has 0 spiro atoms. The van der Waals surface area contributed by atoms with Gasteiger partial charge in [0.1, 0.15) is 6.04 Å². The van der Waals surface area contributed by atoms with E-state index in [2.05, 4.69) is 0 Å². The fraction of sp³-hybridized carbons (Fsp3) is 0.500. The van der Waals surface area contributed by atoms with E-state index in [1.165, 1.54) is 17.7 Å². The van der Waals surface area contributed by atoms with Gasteiger partial charge in [0.05, 0.1) is 0 Å². The van der Waals surface area contributed by atoms with Gasteiger partial charge in [0.25, 0.3) is 0 Å². The summed E-state index contributed by atoms with van der Waals surface area (Å²) in [6.45, 7) is 0. The van der Waals surface area contributed by atoms with E-state index in [1.807, 2.05) is 24.3 Å². The van der Waals surface area contributed by atoms with E-state index < -0.39 is 12.0 Å². The van der Waals surface area contributed by atoms with Crippen molar-refractivity contribution in [3.05, 3.63) is 29.8 Å². The first-order valence-electron chi connectivity index (χ1n) is 7.29. The molecule has 2 aliphatic rings. The molecule has 1 aliphatic carbocycles. The highest BCUT2D eigenvalue weighted by Crippen LogP contribution is 2.35. The Morgan fingerprint density at radius 3 is 2.60 bits per heavy atom. The molecule has 20 heavy (non-hydrogen) atoms. The van der Waals surface area contributed by atoms with Crippen LogP contribution in [0.2, 0.25) is 0 Å². The summed E-state index contributed by atoms with van der Waals surface area (Å²) in [5.41, 5.74) is 1.74. The second kappa shape index (κ2) is 5.27. The molecule has 1 fully saturated rings. The van der Waals surface area contributed by atoms with Crippen LogP contribution in [-0.4, -0.2) is 23.0 Å². The van der Waals surface area contributed by atoms with E-state index >= 15 is 0 Å². The molecule has 3 rings (SSSR count). The van der Waals surface area contributed by atoms with Crippen molar-refractivity contribution < 1.29 is 14.7 Å². The lowest BCUT2D eigenvalue weighted by atomic mass is 10.0. The summed E-state index contributed by atoms with van der Waals surface area (Å²) in [5.74, 6) is -0.514. The van der Waals surface area contributed by atoms with Crippen LogP contribution in [0.1, 0.15) is 37.7 Å². The first-order valence-corrected chi connectivity index (χ1v) is 7.29. The molecular weight excluding hydrogens is 254 g/mol. The molecule has 1 aliphatic heterocycles. The maximum absolute atomic E-state index is 12.5. The number of carbonyl (C=O) groups is 2. The molecule has 1 amide bonds. The molecule has 0 unspecified atom stereocenters. The summed E-state index contributed by atoms with van der Waals surface area (Å²) in [7, 11) is 0. The molecule has 0 aromatic heterocycles. The minimum Gasteiger partial charge on any atom is -0.480 e. The van der Waals surface area contributed by atoms with E-state index in [4.69, 9.17) is 0 Å². The van der Waals surface area contributed by atoms with Crippen LogP contribution in [0.4, 0.5) is 5.69 Å². The summed E-state index contributed by atoms with van der Waals surface area (Å²) in [6.07, 6.45) is 5.48. The topological polar surface area (TPSA) is 57.6 Å². The van der Waals surface area contributed by atoms with Crippen LogP contribution in [0.5, 0.6) is 0 Å². The molecule has 0 saturated heterocycles. The van der Waals surface area contributed by atoms with Gasteiger partial charge in [0.15, 0.2) is 0 Å². The molecule has 4 heteroatoms. The van der Waals surface area contributed by atoms with Crippen molar-refractivity contribution in [2.24, 2.45) is 5.92 Å². The maximum Gasteiger partial charge on any atom is 0.327 e. The molecule has 1 aromatic rings. The van der Waals surface area contributed by atoms with Crippen LogP contribution in [-0.2, 0) is 16.0 Å². The van der Waals surface area contributed by atoms with Gasteiger partial charge in [-0.1, -0.05) is 31.0 Å². The van der Waals surface area contributed by atoms with E-state index in [9.17, 15) is 14.7 Å². The predicted octanol–water partition coefficient (Wildman–Crippen LogP) is 2.61. The molecular formula is C16H19NO3. The highest BCUT2D eigenvalue weighted by Gasteiger charge is 2.38. The minimum absolute atomic E-state index is 0.0331. The number of rotatable bonds is 3. The SMILES string of the molecule is O=C(O)[C@@H]1Cc2ccccc2N1C(=O)CC1CCCC1. The van der Waals surface area contributed by atoms with Crippen molar-refractivity contribution in [1.82, 2.24) is 0 Å². The summed E-state index contributed by atoms with van der Waals surface area (Å²) >= 11 is 0. The van der Waals surface area contributed by atoms with Gasteiger partial charge in [-0.25, -0.2) is 4.79 Å². The fourth-order valence-corrected chi connectivity index (χ4v) is 3.45. The molecule has 1 aromatic carbocycles. The normalized spacial score (nSPS) is 22.0. The number of benzene rings is 1. The summed E-state index contributed by atoms with van der Waals surface area (Å²) in [5, 5.41) is 9.37. The van der Waals surface area contributed by atoms with E-state index in [1.54, 1.807) is 0 Å². The third-order valence-electron chi connectivity index (χ3n) is 4.47. The molecule has 106 valence electrons. The highest BCUT2D eigenvalue weighted by molar-refractivity contribution is 6.01. The van der Waals surface area contributed by atoms with Crippen molar-refractivity contribution in [3.8, 4) is 0 Å². The Morgan fingerprint density at radius 1 is 1.20 bits per heavy atom. The lowest BCUT2D eigenvalue weighted by molar-refractivity contribution is -0.140. The number of hydrogen-bond donors (Lipinski definition) is 1. The number of carboxylic acid groups (broad SMARTS) is 1. The summed E-state index contributed by atoms with van der Waals surface area (Å²) in [6, 6.07) is 6.78. The number of anilines is 1. The fourth-order valence-electron chi connectivity index (χ4n) is 3.45. The Hall–Kier alpha value is -1.84. The average molecular weight is 273 g/mol. The molecule has 0 bridgehead atoms. The molecule has 0 radical (unpaired) electrons. The quantitative estimate of drug-likeness (QED) is 0.921. The van der Waals surface area contributed by atoms with Crippen LogP contribution in [0, 0.1) is 5.92 Å². The van der Waals surface area contributed by atoms with E-state index in [0.717, 1.165) is 24.1 Å². The Bertz CT molecular complexity index is 534. The van der Waals surface area contributed by atoms with Gasteiger partial charge < -0.3 is 5.11 Å². The number of fused-ring (bicyclic) bond motifs is 1. The number of amides is 1. The summed E-state index contributed by atoms with van der Waals surface area (Å²) in [4.78, 5) is 25.5. The number of hydrogen-bond acceptors (Lipinski definition) is 2. The predicted molar refractivity (Wildman–Crippen MR) is 75.6 cm³/mol. The first-order chi connectivity index (χ1) is 9.66. The smallest absolute Gasteiger partial charge is 0.327 e. The van der Waals surface area contributed by atoms with E-state index in [-0.39, 0.29) is 5.91 Å². The summed E-state index contributed by atoms with van der Waals surface area (Å²) < 4.78 is 0. The van der Waals surface area contributed by atoms with Gasteiger partial charge in [-0.05, 0) is 30.4 Å². The van der Waals surface area contributed by atoms with Gasteiger partial charge in [0, 0.05) is 18.5 Å². The monoisotopic (exact) mass is 273 g/mol. The molecule has 1 heterocycles. The van der Waals surface area contributed by atoms with Gasteiger partial charge in [-0.2, -0.15) is 0 Å². The number of nitrogens with zero attached hydrogens (tertiary/aromatic N) is 1. The van der Waals surface area contributed by atoms with Crippen molar-refractivity contribution in [2.45, 2.75) is 44.6 Å². The van der Waals surface area contributed by atoms with Gasteiger partial charge in [0.2, 0.25) is 5.91 Å². The zero-order valence-corrected chi connectivity index (χ0v) is 11.4. The Morgan fingerprint density at radius 2 is 1.90 bits per heavy atom. The highest BCUT2D eigenvalue weighted by atomic mass is 16.4. The maximum atomic E-state index is 12.5. The number of carbonyl (C=O) groups excluding carboxylic acids is 1. The van der Waals surface area contributed by atoms with Crippen LogP contribution in [0.25, 0.3) is 0 Å². The average Bonchev–Trinajstić information content (AvgIpc) is 3.04. The lowest BCUT2D eigenvalue weighted by Crippen LogP contribution is -2.43. The van der Waals surface area contributed by atoms with E-state index in [0.29, 0.717) is 18.8 Å². The Labute approximate surface area is 118 Å². The zero-order chi connectivity index (χ0) is 14.1. The van der Waals surface area contributed by atoms with Gasteiger partial charge in [-0.15, -0.1) is 0 Å². The van der Waals surface area contributed by atoms with Crippen molar-refractivity contribution >= 4 is 17.6 Å². The van der Waals surface area contributed by atoms with Crippen LogP contribution in [0.15, 0.2) is 24.3 Å². The third-order valence-corrected chi connectivity index (χ3v) is 4.47. The van der Waals surface area contributed by atoms with Gasteiger partial charge >= 0.3 is 5.97 Å². The number of carboxylic acids is 1. The first kappa shape index (κ1) is 13.2. The number of para-hydroxylation sites is 1. The minimum atomic E-state index is -0.916. The van der Waals surface area contributed by atoms with Crippen molar-refractivity contribution in [2.75, 3.05) is 4.90 Å². The van der Waals surface area contributed by atoms with Crippen LogP contribution < -0.4 is 4.90 Å². The standard InChI is InChI=1S/C16H19NO3/c18-15(9-11-5-1-2-6-11)17-13-8-4-3-7-12(13)10-14(17)16(19)20/h3-4,7-8,11,14H,1-2,5-6,9-10H2,(H,19,20)/t14-/m0/s1. The molecule has 1 atom stereocenters. The van der Waals surface area contributed by atoms with Crippen LogP contribution >= 0.6 is 0 Å². The second-order valence-corrected chi connectivity index (χ2v) is 5.81. The Kier molecular flexibility index (Phi) is 3.47. The van der Waals surface area contributed by atoms with Crippen LogP contribution in [0.3, 0.4) is 0 Å². The number of aliphatic carboxylic acids is 1.